The summed E-state index contributed by atoms with van der Waals surface area (Å²) < 4.78 is 35.6. The summed E-state index contributed by atoms with van der Waals surface area (Å²) in [6.07, 6.45) is 0.870. The summed E-state index contributed by atoms with van der Waals surface area (Å²) in [7, 11) is 0. The van der Waals surface area contributed by atoms with Crippen LogP contribution in [0.5, 0.6) is 0 Å². The van der Waals surface area contributed by atoms with Gasteiger partial charge >= 0.3 is 95.5 Å². The number of carbonyl (C=O) groups excluding carboxylic acids is 16. The van der Waals surface area contributed by atoms with Crippen molar-refractivity contribution in [3.05, 3.63) is 0 Å². The van der Waals surface area contributed by atoms with Crippen LogP contribution in [0.25, 0.3) is 0 Å². The number of rotatable bonds is 0. The Morgan fingerprint density at radius 2 is 0.459 bits per heavy atom. The Morgan fingerprint density at radius 1 is 0.230 bits per heavy atom. The molecule has 2 bridgehead atoms. The second kappa shape index (κ2) is 13.8. The Kier molecular flexibility index (Phi) is 8.98. The fourth-order valence-electron chi connectivity index (χ4n) is 10.7. The molecular weight excluding hydrogens is 828 g/mol. The Balaban J connectivity index is 0.000000104. The van der Waals surface area contributed by atoms with Crippen molar-refractivity contribution >= 4 is 95.5 Å². The number of hydrogen-bond acceptors (Lipinski definition) is 24. The van der Waals surface area contributed by atoms with Crippen LogP contribution >= 0.6 is 0 Å². The number of esters is 16. The molecule has 12 unspecified atom stereocenters. The third-order valence-electron chi connectivity index (χ3n) is 13.6. The van der Waals surface area contributed by atoms with Crippen molar-refractivity contribution in [3.8, 4) is 0 Å². The molecule has 8 aliphatic heterocycles. The normalized spacial score (nSPS) is 42.4. The molecule has 12 fully saturated rings. The monoisotopic (exact) mass is 854 g/mol. The highest BCUT2D eigenvalue weighted by Crippen LogP contribution is 2.55. The van der Waals surface area contributed by atoms with Gasteiger partial charge in [0, 0.05) is 0 Å². The van der Waals surface area contributed by atoms with Crippen LogP contribution < -0.4 is 0 Å². The molecule has 0 N–H and O–H groups in total. The second-order valence-corrected chi connectivity index (χ2v) is 16.3. The summed E-state index contributed by atoms with van der Waals surface area (Å²) in [4.78, 5) is 180. The first kappa shape index (κ1) is 39.6. The third kappa shape index (κ3) is 5.92. The molecule has 24 nitrogen and oxygen atoms in total. The fraction of sp³-hybridized carbons (Fsp3) is 0.568. The van der Waals surface area contributed by atoms with Crippen molar-refractivity contribution in [3.63, 3.8) is 0 Å². The number of hydrogen-bond donors (Lipinski definition) is 0. The molecule has 24 heteroatoms. The van der Waals surface area contributed by atoms with Gasteiger partial charge in [-0.15, -0.1) is 0 Å². The predicted molar refractivity (Wildman–Crippen MR) is 168 cm³/mol. The van der Waals surface area contributed by atoms with Gasteiger partial charge in [-0.1, -0.05) is 0 Å². The van der Waals surface area contributed by atoms with Crippen LogP contribution in [0.4, 0.5) is 0 Å². The molecule has 12 atom stereocenters. The van der Waals surface area contributed by atoms with Gasteiger partial charge in [-0.05, 0) is 31.6 Å². The third-order valence-corrected chi connectivity index (χ3v) is 13.6. The number of fused-ring (bicyclic) bond motifs is 14. The maximum Gasteiger partial charge on any atom is 0.318 e. The lowest BCUT2D eigenvalue weighted by molar-refractivity contribution is -0.174. The molecule has 0 radical (unpaired) electrons. The van der Waals surface area contributed by atoms with Crippen LogP contribution in [0.1, 0.15) is 32.1 Å². The van der Waals surface area contributed by atoms with Crippen molar-refractivity contribution in [2.24, 2.45) is 94.7 Å². The molecule has 8 heterocycles. The van der Waals surface area contributed by atoms with Gasteiger partial charge in [0.05, 0.1) is 95.2 Å². The summed E-state index contributed by atoms with van der Waals surface area (Å²) in [6.45, 7) is 0. The lowest BCUT2D eigenvalue weighted by Gasteiger charge is -2.33. The van der Waals surface area contributed by atoms with Crippen LogP contribution in [0, 0.1) is 94.7 Å². The van der Waals surface area contributed by atoms with Crippen molar-refractivity contribution in [1.29, 1.82) is 0 Å². The molecule has 12 rings (SSSR count). The molecule has 61 heavy (non-hydrogen) atoms. The second-order valence-electron chi connectivity index (χ2n) is 16.3. The summed E-state index contributed by atoms with van der Waals surface area (Å²) in [5.74, 6) is -21.0. The van der Waals surface area contributed by atoms with E-state index in [-0.39, 0.29) is 25.7 Å². The highest BCUT2D eigenvalue weighted by atomic mass is 16.6. The zero-order valence-electron chi connectivity index (χ0n) is 30.6. The van der Waals surface area contributed by atoms with Crippen LogP contribution in [-0.4, -0.2) is 95.5 Å². The van der Waals surface area contributed by atoms with E-state index in [4.69, 9.17) is 0 Å². The zero-order chi connectivity index (χ0) is 43.7. The van der Waals surface area contributed by atoms with Crippen molar-refractivity contribution in [1.82, 2.24) is 0 Å². The Morgan fingerprint density at radius 3 is 0.836 bits per heavy atom. The van der Waals surface area contributed by atoms with E-state index in [0.29, 0.717) is 6.42 Å². The zero-order valence-corrected chi connectivity index (χ0v) is 30.6. The van der Waals surface area contributed by atoms with Gasteiger partial charge in [0.25, 0.3) is 0 Å². The lowest BCUT2D eigenvalue weighted by Crippen LogP contribution is -2.50. The van der Waals surface area contributed by atoms with Gasteiger partial charge in [0.2, 0.25) is 0 Å². The number of cyclic esters (lactones) is 16. The van der Waals surface area contributed by atoms with Gasteiger partial charge in [0.1, 0.15) is 0 Å². The molecular formula is C37H26O24. The largest absolute Gasteiger partial charge is 0.393 e. The molecule has 318 valence electrons. The average molecular weight is 855 g/mol. The number of ether oxygens (including phenoxy) is 8. The van der Waals surface area contributed by atoms with E-state index in [1.807, 2.05) is 0 Å². The minimum atomic E-state index is -0.804. The van der Waals surface area contributed by atoms with E-state index >= 15 is 0 Å². The first-order chi connectivity index (χ1) is 28.9. The smallest absolute Gasteiger partial charge is 0.318 e. The Hall–Kier alpha value is -6.88. The van der Waals surface area contributed by atoms with Crippen LogP contribution in [-0.2, 0) is 115 Å². The summed E-state index contributed by atoms with van der Waals surface area (Å²) in [5.41, 5.74) is 0. The van der Waals surface area contributed by atoms with Crippen LogP contribution in [0.3, 0.4) is 0 Å². The Labute approximate surface area is 336 Å². The van der Waals surface area contributed by atoms with Gasteiger partial charge in [-0.2, -0.15) is 0 Å². The topological polar surface area (TPSA) is 347 Å². The summed E-state index contributed by atoms with van der Waals surface area (Å²) >= 11 is 0. The van der Waals surface area contributed by atoms with E-state index in [2.05, 4.69) is 37.9 Å². The summed E-state index contributed by atoms with van der Waals surface area (Å²) in [6, 6.07) is 0. The summed E-state index contributed by atoms with van der Waals surface area (Å²) in [5, 5.41) is 0. The van der Waals surface area contributed by atoms with E-state index in [1.54, 1.807) is 0 Å². The fourth-order valence-corrected chi connectivity index (χ4v) is 10.7. The lowest BCUT2D eigenvalue weighted by atomic mass is 9.59. The van der Waals surface area contributed by atoms with Crippen molar-refractivity contribution in [2.75, 3.05) is 0 Å². The van der Waals surface area contributed by atoms with Crippen molar-refractivity contribution in [2.45, 2.75) is 32.1 Å². The number of carbonyl (C=O) groups is 16. The van der Waals surface area contributed by atoms with E-state index in [1.165, 1.54) is 0 Å². The van der Waals surface area contributed by atoms with Crippen LogP contribution in [0.2, 0.25) is 0 Å². The maximum atomic E-state index is 11.5. The average Bonchev–Trinajstić information content (AvgIpc) is 4.02. The molecule has 0 aromatic carbocycles. The standard InChI is InChI=1S/2C10H8O6.C9H6O6.C8H4O6/c11-6-2-3-4-1-5(7(3)10(14)15-6)9(13)16-8(4)12;11-7-3-1-4-6(10(14)16-8(4)12)2-5(3)9(13)15-7;10-6-2-1-3-5(4(2)8(12)14-6)9(13)15-7(3)11;9-5-1-2(6(10)13-5)4-3(1)7(11)14-8(4)12/h3-5,7H,1-2H2;3-6H,1-2H2;2-5H,1H2;1-4H. The highest BCUT2D eigenvalue weighted by Gasteiger charge is 2.73. The SMILES string of the molecule is O=C1CC2C3CC(C(=O)OC3=O)C2C(=O)O1.O=C1OC(=O)C2C1C1C(=O)OC(=O)C21.O=C1OC(=O)C2C1CC1C(=O)OC(=O)C12.O=C1OC(=O)C2CC3C(=O)OC(=O)C3CC12. The highest BCUT2D eigenvalue weighted by molar-refractivity contribution is 6.10. The molecule has 0 aromatic heterocycles. The van der Waals surface area contributed by atoms with Gasteiger partial charge in [0.15, 0.2) is 0 Å². The Bertz CT molecular complexity index is 2090. The maximum absolute atomic E-state index is 11.5. The molecule has 12 aliphatic rings. The minimum absolute atomic E-state index is 0.0138. The quantitative estimate of drug-likeness (QED) is 0.129. The van der Waals surface area contributed by atoms with Crippen LogP contribution in [0.15, 0.2) is 0 Å². The van der Waals surface area contributed by atoms with Crippen molar-refractivity contribution < 1.29 is 115 Å². The molecule has 0 amide bonds. The molecule has 8 saturated heterocycles. The predicted octanol–water partition coefficient (Wildman–Crippen LogP) is -3.52. The molecule has 0 aromatic rings. The molecule has 0 spiro atoms. The first-order valence-electron chi connectivity index (χ1n) is 18.9. The van der Waals surface area contributed by atoms with E-state index in [0.717, 1.165) is 0 Å². The first-order valence-corrected chi connectivity index (χ1v) is 18.9. The molecule has 4 aliphatic carbocycles. The van der Waals surface area contributed by atoms with E-state index in [9.17, 15) is 76.7 Å². The van der Waals surface area contributed by atoms with Gasteiger partial charge in [-0.3, -0.25) is 76.7 Å². The van der Waals surface area contributed by atoms with Gasteiger partial charge < -0.3 is 37.9 Å². The van der Waals surface area contributed by atoms with E-state index < -0.39 is 190 Å². The minimum Gasteiger partial charge on any atom is -0.393 e. The van der Waals surface area contributed by atoms with Gasteiger partial charge in [-0.25, -0.2) is 0 Å². The molecule has 4 saturated carbocycles.